The second kappa shape index (κ2) is 9.21. The summed E-state index contributed by atoms with van der Waals surface area (Å²) < 4.78 is 0. The molecule has 1 N–H and O–H groups in total. The second-order valence-electron chi connectivity index (χ2n) is 7.93. The number of nitrogens with one attached hydrogen (secondary N) is 1. The molecule has 25 heavy (non-hydrogen) atoms. The molecule has 5 heteroatoms. The third-order valence-corrected chi connectivity index (χ3v) is 5.41. The molecule has 3 rings (SSSR count). The third-order valence-electron chi connectivity index (χ3n) is 5.41. The van der Waals surface area contributed by atoms with Crippen molar-refractivity contribution in [2.45, 2.75) is 39.2 Å². The quantitative estimate of drug-likeness (QED) is 0.426. The molecule has 2 aliphatic rings. The average molecular weight is 456 g/mol. The molecule has 1 atom stereocenters. The van der Waals surface area contributed by atoms with Crippen molar-refractivity contribution in [3.63, 3.8) is 0 Å². The molecule has 1 aromatic carbocycles. The van der Waals surface area contributed by atoms with Crippen LogP contribution in [0.5, 0.6) is 0 Å². The second-order valence-corrected chi connectivity index (χ2v) is 7.93. The fourth-order valence-electron chi connectivity index (χ4n) is 4.00. The van der Waals surface area contributed by atoms with Crippen LogP contribution in [-0.2, 0) is 0 Å². The Hall–Kier alpha value is -0.820. The summed E-state index contributed by atoms with van der Waals surface area (Å²) in [5.74, 6) is 1.06. The van der Waals surface area contributed by atoms with Gasteiger partial charge in [-0.25, -0.2) is 0 Å². The van der Waals surface area contributed by atoms with Gasteiger partial charge in [-0.3, -0.25) is 9.89 Å². The molecule has 140 valence electrons. The fraction of sp³-hybridized carbons (Fsp3) is 0.650. The number of guanidine groups is 1. The van der Waals surface area contributed by atoms with Crippen LogP contribution in [0.15, 0.2) is 35.3 Å². The summed E-state index contributed by atoms with van der Waals surface area (Å²) in [5, 5.41) is 3.66. The zero-order chi connectivity index (χ0) is 17.0. The van der Waals surface area contributed by atoms with Gasteiger partial charge in [0.25, 0.3) is 0 Å². The molecule has 1 aromatic rings. The Morgan fingerprint density at radius 1 is 1.16 bits per heavy atom. The van der Waals surface area contributed by atoms with Crippen molar-refractivity contribution in [3.05, 3.63) is 35.9 Å². The monoisotopic (exact) mass is 456 g/mol. The summed E-state index contributed by atoms with van der Waals surface area (Å²) in [5.41, 5.74) is 1.80. The number of hydrogen-bond donors (Lipinski definition) is 1. The molecule has 4 nitrogen and oxygen atoms in total. The highest BCUT2D eigenvalue weighted by Gasteiger charge is 2.31. The molecule has 0 saturated carbocycles. The van der Waals surface area contributed by atoms with Gasteiger partial charge in [0, 0.05) is 26.7 Å². The molecule has 0 radical (unpaired) electrons. The smallest absolute Gasteiger partial charge is 0.193 e. The summed E-state index contributed by atoms with van der Waals surface area (Å²) >= 11 is 0. The highest BCUT2D eigenvalue weighted by atomic mass is 127. The number of halogens is 1. The third kappa shape index (κ3) is 5.33. The normalized spacial score (nSPS) is 21.9. The molecule has 0 bridgehead atoms. The summed E-state index contributed by atoms with van der Waals surface area (Å²) in [6.07, 6.45) is 3.87. The first-order valence-corrected chi connectivity index (χ1v) is 9.34. The Bertz CT molecular complexity index is 552. The van der Waals surface area contributed by atoms with E-state index in [1.165, 1.54) is 37.9 Å². The first kappa shape index (κ1) is 20.5. The van der Waals surface area contributed by atoms with Crippen LogP contribution in [0.25, 0.3) is 0 Å². The van der Waals surface area contributed by atoms with Gasteiger partial charge < -0.3 is 10.2 Å². The van der Waals surface area contributed by atoms with E-state index in [1.807, 2.05) is 7.05 Å². The Labute approximate surface area is 170 Å². The van der Waals surface area contributed by atoms with Gasteiger partial charge in [-0.2, -0.15) is 0 Å². The largest absolute Gasteiger partial charge is 0.354 e. The van der Waals surface area contributed by atoms with Crippen molar-refractivity contribution < 1.29 is 0 Å². The highest BCUT2D eigenvalue weighted by Crippen LogP contribution is 2.29. The Kier molecular flexibility index (Phi) is 7.55. The van der Waals surface area contributed by atoms with E-state index in [4.69, 9.17) is 0 Å². The van der Waals surface area contributed by atoms with Crippen molar-refractivity contribution in [3.8, 4) is 0 Å². The predicted octanol–water partition coefficient (Wildman–Crippen LogP) is 3.75. The van der Waals surface area contributed by atoms with Crippen LogP contribution in [0.4, 0.5) is 0 Å². The maximum Gasteiger partial charge on any atom is 0.193 e. The van der Waals surface area contributed by atoms with E-state index in [1.54, 1.807) is 0 Å². The number of likely N-dealkylation sites (tertiary alicyclic amines) is 2. The van der Waals surface area contributed by atoms with Crippen molar-refractivity contribution >= 4 is 29.9 Å². The maximum atomic E-state index is 4.54. The van der Waals surface area contributed by atoms with E-state index < -0.39 is 0 Å². The lowest BCUT2D eigenvalue weighted by molar-refractivity contribution is 0.243. The van der Waals surface area contributed by atoms with Gasteiger partial charge >= 0.3 is 0 Å². The zero-order valence-corrected chi connectivity index (χ0v) is 18.2. The first-order valence-electron chi connectivity index (χ1n) is 9.34. The number of rotatable bonds is 4. The van der Waals surface area contributed by atoms with Crippen LogP contribution in [0.3, 0.4) is 0 Å². The van der Waals surface area contributed by atoms with Crippen LogP contribution >= 0.6 is 24.0 Å². The van der Waals surface area contributed by atoms with Gasteiger partial charge in [-0.15, -0.1) is 24.0 Å². The van der Waals surface area contributed by atoms with E-state index >= 15 is 0 Å². The first-order chi connectivity index (χ1) is 11.6. The van der Waals surface area contributed by atoms with Crippen LogP contribution in [0.1, 0.15) is 44.7 Å². The van der Waals surface area contributed by atoms with E-state index in [2.05, 4.69) is 64.3 Å². The lowest BCUT2D eigenvalue weighted by atomic mass is 9.93. The minimum Gasteiger partial charge on any atom is -0.354 e. The summed E-state index contributed by atoms with van der Waals surface area (Å²) in [4.78, 5) is 9.56. The van der Waals surface area contributed by atoms with Crippen molar-refractivity contribution in [1.29, 1.82) is 0 Å². The van der Waals surface area contributed by atoms with Crippen molar-refractivity contribution in [2.75, 3.05) is 39.8 Å². The van der Waals surface area contributed by atoms with Gasteiger partial charge in [0.15, 0.2) is 5.96 Å². The topological polar surface area (TPSA) is 30.9 Å². The van der Waals surface area contributed by atoms with E-state index in [9.17, 15) is 0 Å². The van der Waals surface area contributed by atoms with Gasteiger partial charge in [0.1, 0.15) is 0 Å². The molecular weight excluding hydrogens is 423 g/mol. The van der Waals surface area contributed by atoms with E-state index in [-0.39, 0.29) is 24.0 Å². The number of hydrogen-bond acceptors (Lipinski definition) is 2. The number of aliphatic imine (C=N–C) groups is 1. The standard InChI is InChI=1S/C20H32N4.HI/c1-20(2)11-14-24(16-20)19(21-3)22-15-18(23-12-7-8-13-23)17-9-5-4-6-10-17;/h4-6,9-10,18H,7-8,11-16H2,1-3H3,(H,21,22);1H. The minimum atomic E-state index is 0. The molecule has 0 aromatic heterocycles. The summed E-state index contributed by atoms with van der Waals surface area (Å²) in [7, 11) is 1.90. The average Bonchev–Trinajstić information content (AvgIpc) is 3.22. The molecule has 1 unspecified atom stereocenters. The van der Waals surface area contributed by atoms with Crippen LogP contribution in [0.2, 0.25) is 0 Å². The molecule has 2 heterocycles. The van der Waals surface area contributed by atoms with Crippen LogP contribution in [-0.4, -0.2) is 55.5 Å². The number of nitrogens with zero attached hydrogens (tertiary/aromatic N) is 3. The molecule has 0 amide bonds. The maximum absolute atomic E-state index is 4.54. The van der Waals surface area contributed by atoms with Gasteiger partial charge in [0.2, 0.25) is 0 Å². The van der Waals surface area contributed by atoms with E-state index in [0.717, 1.165) is 25.6 Å². The summed E-state index contributed by atoms with van der Waals surface area (Å²) in [6, 6.07) is 11.3. The Balaban J connectivity index is 0.00000225. The highest BCUT2D eigenvalue weighted by molar-refractivity contribution is 14.0. The Morgan fingerprint density at radius 3 is 2.40 bits per heavy atom. The molecular formula is C20H33IN4. The molecule has 2 aliphatic heterocycles. The lowest BCUT2D eigenvalue weighted by Crippen LogP contribution is -2.44. The predicted molar refractivity (Wildman–Crippen MR) is 117 cm³/mol. The van der Waals surface area contributed by atoms with Gasteiger partial charge in [0.05, 0.1) is 6.04 Å². The summed E-state index contributed by atoms with van der Waals surface area (Å²) in [6.45, 7) is 10.2. The van der Waals surface area contributed by atoms with Crippen LogP contribution < -0.4 is 5.32 Å². The SMILES string of the molecule is CN=C(NCC(c1ccccc1)N1CCCC1)N1CCC(C)(C)C1.I. The number of benzene rings is 1. The van der Waals surface area contributed by atoms with Gasteiger partial charge in [-0.05, 0) is 43.3 Å². The zero-order valence-electron chi connectivity index (χ0n) is 15.9. The molecule has 2 saturated heterocycles. The molecule has 0 spiro atoms. The van der Waals surface area contributed by atoms with E-state index in [0.29, 0.717) is 11.5 Å². The van der Waals surface area contributed by atoms with Crippen LogP contribution in [0, 0.1) is 5.41 Å². The molecule has 0 aliphatic carbocycles. The van der Waals surface area contributed by atoms with Gasteiger partial charge in [-0.1, -0.05) is 44.2 Å². The van der Waals surface area contributed by atoms with Crippen molar-refractivity contribution in [2.24, 2.45) is 10.4 Å². The minimum absolute atomic E-state index is 0. The van der Waals surface area contributed by atoms with Crippen molar-refractivity contribution in [1.82, 2.24) is 15.1 Å². The fourth-order valence-corrected chi connectivity index (χ4v) is 4.00. The molecule has 2 fully saturated rings. The lowest BCUT2D eigenvalue weighted by Gasteiger charge is -2.30. The Morgan fingerprint density at radius 2 is 1.84 bits per heavy atom.